The molecule has 0 aliphatic heterocycles. The van der Waals surface area contributed by atoms with Gasteiger partial charge in [0.2, 0.25) is 5.91 Å². The Bertz CT molecular complexity index is 381. The first-order valence-corrected chi connectivity index (χ1v) is 8.31. The van der Waals surface area contributed by atoms with Crippen molar-refractivity contribution in [2.45, 2.75) is 56.7 Å². The van der Waals surface area contributed by atoms with Crippen LogP contribution in [-0.4, -0.2) is 31.4 Å². The van der Waals surface area contributed by atoms with Crippen molar-refractivity contribution in [1.29, 1.82) is 0 Å². The van der Waals surface area contributed by atoms with Gasteiger partial charge >= 0.3 is 0 Å². The predicted molar refractivity (Wildman–Crippen MR) is 73.1 cm³/mol. The maximum atomic E-state index is 11.9. The first kappa shape index (κ1) is 15.2. The molecule has 0 bridgehead atoms. The molecule has 1 N–H and O–H groups in total. The standard InChI is InChI=1S/C13H23NO3S/c1-3-10-18(16,17)11(2)13(15)14-12-8-6-4-5-7-9-12/h3,11-12H,1,4-10H2,2H3,(H,14,15). The summed E-state index contributed by atoms with van der Waals surface area (Å²) in [5, 5.41) is 1.88. The highest BCUT2D eigenvalue weighted by Crippen LogP contribution is 2.17. The fraction of sp³-hybridized carbons (Fsp3) is 0.769. The summed E-state index contributed by atoms with van der Waals surface area (Å²) in [5.74, 6) is -0.518. The molecule has 0 spiro atoms. The van der Waals surface area contributed by atoms with Crippen molar-refractivity contribution in [3.05, 3.63) is 12.7 Å². The molecule has 1 amide bonds. The van der Waals surface area contributed by atoms with Crippen molar-refractivity contribution < 1.29 is 13.2 Å². The molecule has 18 heavy (non-hydrogen) atoms. The van der Waals surface area contributed by atoms with Crippen molar-refractivity contribution in [2.24, 2.45) is 0 Å². The lowest BCUT2D eigenvalue weighted by atomic mass is 10.1. The molecule has 1 unspecified atom stereocenters. The van der Waals surface area contributed by atoms with Gasteiger partial charge in [0.15, 0.2) is 9.84 Å². The van der Waals surface area contributed by atoms with E-state index >= 15 is 0 Å². The van der Waals surface area contributed by atoms with Gasteiger partial charge in [-0.05, 0) is 19.8 Å². The van der Waals surface area contributed by atoms with Crippen LogP contribution >= 0.6 is 0 Å². The Morgan fingerprint density at radius 3 is 2.39 bits per heavy atom. The second kappa shape index (κ2) is 6.92. The smallest absolute Gasteiger partial charge is 0.238 e. The molecule has 5 heteroatoms. The van der Waals surface area contributed by atoms with E-state index in [2.05, 4.69) is 11.9 Å². The average Bonchev–Trinajstić information content (AvgIpc) is 2.56. The number of nitrogens with one attached hydrogen (secondary N) is 1. The maximum Gasteiger partial charge on any atom is 0.238 e. The van der Waals surface area contributed by atoms with E-state index in [0.29, 0.717) is 0 Å². The third kappa shape index (κ3) is 4.44. The van der Waals surface area contributed by atoms with Crippen molar-refractivity contribution in [1.82, 2.24) is 5.32 Å². The van der Waals surface area contributed by atoms with E-state index in [4.69, 9.17) is 0 Å². The van der Waals surface area contributed by atoms with E-state index < -0.39 is 15.1 Å². The molecule has 4 nitrogen and oxygen atoms in total. The van der Waals surface area contributed by atoms with Crippen LogP contribution in [0.1, 0.15) is 45.4 Å². The first-order valence-electron chi connectivity index (χ1n) is 6.60. The Morgan fingerprint density at radius 1 is 1.33 bits per heavy atom. The van der Waals surface area contributed by atoms with Crippen LogP contribution in [0.2, 0.25) is 0 Å². The van der Waals surface area contributed by atoms with E-state index in [-0.39, 0.29) is 17.7 Å². The first-order chi connectivity index (χ1) is 8.47. The van der Waals surface area contributed by atoms with E-state index in [9.17, 15) is 13.2 Å². The van der Waals surface area contributed by atoms with Gasteiger partial charge in [-0.25, -0.2) is 8.42 Å². The van der Waals surface area contributed by atoms with Gasteiger partial charge in [-0.1, -0.05) is 31.8 Å². The van der Waals surface area contributed by atoms with Crippen LogP contribution in [-0.2, 0) is 14.6 Å². The molecule has 0 aromatic heterocycles. The van der Waals surface area contributed by atoms with Crippen molar-refractivity contribution >= 4 is 15.7 Å². The largest absolute Gasteiger partial charge is 0.352 e. The summed E-state index contributed by atoms with van der Waals surface area (Å²) in [6, 6.07) is 0.140. The monoisotopic (exact) mass is 273 g/mol. The molecule has 104 valence electrons. The summed E-state index contributed by atoms with van der Waals surface area (Å²) in [6.45, 7) is 4.85. The number of rotatable bonds is 5. The second-order valence-electron chi connectivity index (χ2n) is 4.96. The summed E-state index contributed by atoms with van der Waals surface area (Å²) in [6.07, 6.45) is 7.87. The highest BCUT2D eigenvalue weighted by Gasteiger charge is 2.28. The molecular formula is C13H23NO3S. The second-order valence-corrected chi connectivity index (χ2v) is 7.32. The molecule has 1 rings (SSSR count). The minimum atomic E-state index is -3.40. The lowest BCUT2D eigenvalue weighted by Gasteiger charge is -2.19. The summed E-state index contributed by atoms with van der Waals surface area (Å²) in [7, 11) is -3.40. The van der Waals surface area contributed by atoms with Crippen LogP contribution in [0.25, 0.3) is 0 Å². The average molecular weight is 273 g/mol. The zero-order valence-electron chi connectivity index (χ0n) is 11.0. The Kier molecular flexibility index (Phi) is 5.85. The van der Waals surface area contributed by atoms with Gasteiger partial charge in [-0.3, -0.25) is 4.79 Å². The Balaban J connectivity index is 2.56. The topological polar surface area (TPSA) is 63.2 Å². The number of amides is 1. The van der Waals surface area contributed by atoms with E-state index in [1.807, 2.05) is 0 Å². The van der Waals surface area contributed by atoms with Gasteiger partial charge in [0, 0.05) is 6.04 Å². The van der Waals surface area contributed by atoms with Crippen LogP contribution < -0.4 is 5.32 Å². The molecule has 0 radical (unpaired) electrons. The van der Waals surface area contributed by atoms with Gasteiger partial charge in [0.05, 0.1) is 5.75 Å². The number of sulfone groups is 1. The van der Waals surface area contributed by atoms with Gasteiger partial charge in [-0.15, -0.1) is 6.58 Å². The third-order valence-corrected chi connectivity index (χ3v) is 5.45. The Labute approximate surface area is 110 Å². The van der Waals surface area contributed by atoms with Crippen molar-refractivity contribution in [2.75, 3.05) is 5.75 Å². The minimum absolute atomic E-state index is 0.140. The van der Waals surface area contributed by atoms with E-state index in [0.717, 1.165) is 25.7 Å². The molecule has 0 heterocycles. The maximum absolute atomic E-state index is 11.9. The normalized spacial score (nSPS) is 19.8. The lowest BCUT2D eigenvalue weighted by Crippen LogP contribution is -2.43. The summed E-state index contributed by atoms with van der Waals surface area (Å²) >= 11 is 0. The summed E-state index contributed by atoms with van der Waals surface area (Å²) in [4.78, 5) is 11.9. The zero-order chi connectivity index (χ0) is 13.6. The molecule has 1 aliphatic rings. The SMILES string of the molecule is C=CCS(=O)(=O)C(C)C(=O)NC1CCCCCC1. The van der Waals surface area contributed by atoms with Gasteiger partial charge < -0.3 is 5.32 Å². The van der Waals surface area contributed by atoms with Gasteiger partial charge in [0.1, 0.15) is 5.25 Å². The molecule has 1 saturated carbocycles. The van der Waals surface area contributed by atoms with Crippen LogP contribution in [0.4, 0.5) is 0 Å². The van der Waals surface area contributed by atoms with Crippen LogP contribution in [0.15, 0.2) is 12.7 Å². The quantitative estimate of drug-likeness (QED) is 0.614. The highest BCUT2D eigenvalue weighted by molar-refractivity contribution is 7.92. The number of hydrogen-bond donors (Lipinski definition) is 1. The third-order valence-electron chi connectivity index (χ3n) is 3.46. The molecule has 0 saturated heterocycles. The lowest BCUT2D eigenvalue weighted by molar-refractivity contribution is -0.121. The molecule has 0 aromatic rings. The minimum Gasteiger partial charge on any atom is -0.352 e. The summed E-state index contributed by atoms with van der Waals surface area (Å²) < 4.78 is 23.5. The van der Waals surface area contributed by atoms with Crippen LogP contribution in [0.3, 0.4) is 0 Å². The molecule has 1 fully saturated rings. The fourth-order valence-electron chi connectivity index (χ4n) is 2.21. The molecule has 1 atom stereocenters. The van der Waals surface area contributed by atoms with E-state index in [1.165, 1.54) is 25.8 Å². The zero-order valence-corrected chi connectivity index (χ0v) is 11.8. The number of hydrogen-bond acceptors (Lipinski definition) is 3. The van der Waals surface area contributed by atoms with Crippen molar-refractivity contribution in [3.63, 3.8) is 0 Å². The summed E-state index contributed by atoms with van der Waals surface area (Å²) in [5.41, 5.74) is 0. The number of carbonyl (C=O) groups is 1. The fourth-order valence-corrected chi connectivity index (χ4v) is 3.23. The highest BCUT2D eigenvalue weighted by atomic mass is 32.2. The van der Waals surface area contributed by atoms with Gasteiger partial charge in [-0.2, -0.15) is 0 Å². The molecular weight excluding hydrogens is 250 g/mol. The number of carbonyl (C=O) groups excluding carboxylic acids is 1. The predicted octanol–water partition coefficient (Wildman–Crippen LogP) is 1.81. The van der Waals surface area contributed by atoms with Gasteiger partial charge in [0.25, 0.3) is 0 Å². The van der Waals surface area contributed by atoms with Crippen molar-refractivity contribution in [3.8, 4) is 0 Å². The Hall–Kier alpha value is -0.840. The van der Waals surface area contributed by atoms with Crippen LogP contribution in [0.5, 0.6) is 0 Å². The van der Waals surface area contributed by atoms with Crippen LogP contribution in [0, 0.1) is 0 Å². The molecule has 1 aliphatic carbocycles. The Morgan fingerprint density at radius 2 is 1.89 bits per heavy atom. The van der Waals surface area contributed by atoms with E-state index in [1.54, 1.807) is 0 Å². The molecule has 0 aromatic carbocycles.